The van der Waals surface area contributed by atoms with E-state index in [1.807, 2.05) is 12.3 Å². The number of nitrogens with one attached hydrogen (secondary N) is 1. The summed E-state index contributed by atoms with van der Waals surface area (Å²) in [5.74, 6) is -0.252. The standard InChI is InChI=1S/C10H14N4O2/c1-10(2)8(15)12-9(16)14(10)7-6-13-5-3-4-11-13/h3-5H,6-7H2,1-2H3,(H,12,15,16). The van der Waals surface area contributed by atoms with Gasteiger partial charge in [0.2, 0.25) is 0 Å². The Morgan fingerprint density at radius 2 is 2.12 bits per heavy atom. The first-order valence-electron chi connectivity index (χ1n) is 5.12. The molecule has 0 unspecified atom stereocenters. The number of nitrogens with zero attached hydrogens (tertiary/aromatic N) is 3. The Morgan fingerprint density at radius 1 is 1.38 bits per heavy atom. The first kappa shape index (κ1) is 10.7. The number of amides is 3. The average Bonchev–Trinajstić information content (AvgIpc) is 2.75. The summed E-state index contributed by atoms with van der Waals surface area (Å²) in [6.45, 7) is 4.51. The van der Waals surface area contributed by atoms with Gasteiger partial charge in [-0.15, -0.1) is 0 Å². The topological polar surface area (TPSA) is 67.2 Å². The highest BCUT2D eigenvalue weighted by molar-refractivity contribution is 6.06. The molecule has 0 saturated carbocycles. The van der Waals surface area contributed by atoms with E-state index >= 15 is 0 Å². The van der Waals surface area contributed by atoms with Gasteiger partial charge in [0.1, 0.15) is 5.54 Å². The van der Waals surface area contributed by atoms with Crippen LogP contribution in [-0.4, -0.2) is 38.7 Å². The van der Waals surface area contributed by atoms with Crippen LogP contribution in [-0.2, 0) is 11.3 Å². The van der Waals surface area contributed by atoms with Crippen LogP contribution in [0.25, 0.3) is 0 Å². The third kappa shape index (κ3) is 1.66. The number of hydrogen-bond acceptors (Lipinski definition) is 3. The van der Waals surface area contributed by atoms with Gasteiger partial charge in [-0.3, -0.25) is 14.8 Å². The number of rotatable bonds is 3. The minimum Gasteiger partial charge on any atom is -0.308 e. The summed E-state index contributed by atoms with van der Waals surface area (Å²) in [4.78, 5) is 24.5. The zero-order valence-electron chi connectivity index (χ0n) is 9.30. The Hall–Kier alpha value is -1.85. The van der Waals surface area contributed by atoms with Crippen molar-refractivity contribution in [2.24, 2.45) is 0 Å². The van der Waals surface area contributed by atoms with Crippen molar-refractivity contribution in [1.82, 2.24) is 20.0 Å². The van der Waals surface area contributed by atoms with Crippen molar-refractivity contribution in [3.8, 4) is 0 Å². The van der Waals surface area contributed by atoms with Crippen LogP contribution in [0.1, 0.15) is 13.8 Å². The third-order valence-electron chi connectivity index (χ3n) is 2.81. The Kier molecular flexibility index (Phi) is 2.41. The van der Waals surface area contributed by atoms with Crippen molar-refractivity contribution in [3.05, 3.63) is 18.5 Å². The molecular formula is C10H14N4O2. The lowest BCUT2D eigenvalue weighted by molar-refractivity contribution is -0.125. The van der Waals surface area contributed by atoms with E-state index in [1.165, 1.54) is 4.90 Å². The van der Waals surface area contributed by atoms with Crippen molar-refractivity contribution in [2.75, 3.05) is 6.54 Å². The van der Waals surface area contributed by atoms with E-state index in [-0.39, 0.29) is 11.9 Å². The molecule has 1 N–H and O–H groups in total. The average molecular weight is 222 g/mol. The number of carbonyl (C=O) groups is 2. The van der Waals surface area contributed by atoms with Crippen LogP contribution in [0.2, 0.25) is 0 Å². The summed E-state index contributed by atoms with van der Waals surface area (Å²) in [5.41, 5.74) is -0.774. The van der Waals surface area contributed by atoms with Gasteiger partial charge in [0, 0.05) is 18.9 Å². The van der Waals surface area contributed by atoms with E-state index in [4.69, 9.17) is 0 Å². The monoisotopic (exact) mass is 222 g/mol. The van der Waals surface area contributed by atoms with Gasteiger partial charge in [0.05, 0.1) is 6.54 Å². The summed E-state index contributed by atoms with van der Waals surface area (Å²) in [6, 6.07) is 1.49. The maximum absolute atomic E-state index is 11.5. The maximum atomic E-state index is 11.5. The van der Waals surface area contributed by atoms with Gasteiger partial charge in [-0.05, 0) is 19.9 Å². The maximum Gasteiger partial charge on any atom is 0.325 e. The predicted molar refractivity (Wildman–Crippen MR) is 56.6 cm³/mol. The van der Waals surface area contributed by atoms with Crippen LogP contribution in [0.5, 0.6) is 0 Å². The zero-order chi connectivity index (χ0) is 11.8. The summed E-state index contributed by atoms with van der Waals surface area (Å²) in [7, 11) is 0. The van der Waals surface area contributed by atoms with E-state index in [0.717, 1.165) is 0 Å². The molecule has 1 aliphatic heterocycles. The van der Waals surface area contributed by atoms with E-state index in [0.29, 0.717) is 13.1 Å². The Labute approximate surface area is 93.2 Å². The van der Waals surface area contributed by atoms with Gasteiger partial charge < -0.3 is 4.90 Å². The predicted octanol–water partition coefficient (Wildman–Crippen LogP) is 0.213. The van der Waals surface area contributed by atoms with Gasteiger partial charge in [-0.2, -0.15) is 5.10 Å². The van der Waals surface area contributed by atoms with Crippen molar-refractivity contribution >= 4 is 11.9 Å². The van der Waals surface area contributed by atoms with Gasteiger partial charge in [-0.25, -0.2) is 4.79 Å². The molecule has 2 heterocycles. The van der Waals surface area contributed by atoms with Crippen LogP contribution < -0.4 is 5.32 Å². The molecular weight excluding hydrogens is 208 g/mol. The lowest BCUT2D eigenvalue weighted by Gasteiger charge is -2.27. The minimum atomic E-state index is -0.774. The highest BCUT2D eigenvalue weighted by Gasteiger charge is 2.45. The number of aromatic nitrogens is 2. The van der Waals surface area contributed by atoms with Crippen molar-refractivity contribution in [2.45, 2.75) is 25.9 Å². The lowest BCUT2D eigenvalue weighted by atomic mass is 10.0. The number of imide groups is 1. The highest BCUT2D eigenvalue weighted by Crippen LogP contribution is 2.20. The van der Waals surface area contributed by atoms with E-state index in [2.05, 4.69) is 10.4 Å². The number of hydrogen-bond donors (Lipinski definition) is 1. The van der Waals surface area contributed by atoms with Crippen molar-refractivity contribution < 1.29 is 9.59 Å². The molecule has 1 aromatic heterocycles. The highest BCUT2D eigenvalue weighted by atomic mass is 16.2. The molecule has 0 aliphatic carbocycles. The first-order valence-corrected chi connectivity index (χ1v) is 5.12. The quantitative estimate of drug-likeness (QED) is 0.743. The Morgan fingerprint density at radius 3 is 2.62 bits per heavy atom. The van der Waals surface area contributed by atoms with Crippen LogP contribution in [0.3, 0.4) is 0 Å². The van der Waals surface area contributed by atoms with Crippen LogP contribution in [0, 0.1) is 0 Å². The molecule has 3 amide bonds. The molecule has 0 aromatic carbocycles. The fourth-order valence-electron chi connectivity index (χ4n) is 1.71. The van der Waals surface area contributed by atoms with Gasteiger partial charge in [0.25, 0.3) is 5.91 Å². The second-order valence-corrected chi connectivity index (χ2v) is 4.24. The van der Waals surface area contributed by atoms with E-state index < -0.39 is 5.54 Å². The minimum absolute atomic E-state index is 0.252. The summed E-state index contributed by atoms with van der Waals surface area (Å²) in [6.07, 6.45) is 3.50. The summed E-state index contributed by atoms with van der Waals surface area (Å²) < 4.78 is 1.73. The SMILES string of the molecule is CC1(C)C(=O)NC(=O)N1CCn1cccn1. The zero-order valence-corrected chi connectivity index (χ0v) is 9.30. The molecule has 0 atom stereocenters. The molecule has 1 aromatic rings. The second kappa shape index (κ2) is 3.62. The summed E-state index contributed by atoms with van der Waals surface area (Å²) >= 11 is 0. The third-order valence-corrected chi connectivity index (χ3v) is 2.81. The van der Waals surface area contributed by atoms with Gasteiger partial charge in [-0.1, -0.05) is 0 Å². The Balaban J connectivity index is 2.04. The smallest absolute Gasteiger partial charge is 0.308 e. The van der Waals surface area contributed by atoms with Crippen LogP contribution >= 0.6 is 0 Å². The van der Waals surface area contributed by atoms with E-state index in [9.17, 15) is 9.59 Å². The van der Waals surface area contributed by atoms with Crippen LogP contribution in [0.15, 0.2) is 18.5 Å². The molecule has 6 nitrogen and oxygen atoms in total. The Bertz CT molecular complexity index is 410. The number of urea groups is 1. The fourth-order valence-corrected chi connectivity index (χ4v) is 1.71. The van der Waals surface area contributed by atoms with Crippen LogP contribution in [0.4, 0.5) is 4.79 Å². The molecule has 86 valence electrons. The van der Waals surface area contributed by atoms with E-state index in [1.54, 1.807) is 24.7 Å². The second-order valence-electron chi connectivity index (χ2n) is 4.24. The molecule has 1 saturated heterocycles. The molecule has 6 heteroatoms. The van der Waals surface area contributed by atoms with Crippen molar-refractivity contribution in [3.63, 3.8) is 0 Å². The van der Waals surface area contributed by atoms with Gasteiger partial charge in [0.15, 0.2) is 0 Å². The fraction of sp³-hybridized carbons (Fsp3) is 0.500. The normalized spacial score (nSPS) is 19.0. The van der Waals surface area contributed by atoms with Gasteiger partial charge >= 0.3 is 6.03 Å². The molecule has 0 radical (unpaired) electrons. The molecule has 0 spiro atoms. The molecule has 1 aliphatic rings. The largest absolute Gasteiger partial charge is 0.325 e. The number of carbonyl (C=O) groups excluding carboxylic acids is 2. The molecule has 0 bridgehead atoms. The molecule has 16 heavy (non-hydrogen) atoms. The summed E-state index contributed by atoms with van der Waals surface area (Å²) in [5, 5.41) is 6.35. The van der Waals surface area contributed by atoms with Crippen molar-refractivity contribution in [1.29, 1.82) is 0 Å². The first-order chi connectivity index (χ1) is 7.51. The lowest BCUT2D eigenvalue weighted by Crippen LogP contribution is -2.45. The molecule has 2 rings (SSSR count). The molecule has 1 fully saturated rings.